The largest absolute Gasteiger partial charge is 0.353 e. The first kappa shape index (κ1) is 19.9. The molecular weight excluding hydrogens is 336 g/mol. The van der Waals surface area contributed by atoms with Crippen molar-refractivity contribution in [3.8, 4) is 0 Å². The van der Waals surface area contributed by atoms with Gasteiger partial charge < -0.3 is 10.2 Å². The number of anilines is 1. The molecule has 1 heterocycles. The Labute approximate surface area is 163 Å². The molecule has 0 radical (unpaired) electrons. The molecule has 1 atom stereocenters. The van der Waals surface area contributed by atoms with Gasteiger partial charge in [0, 0.05) is 24.7 Å². The van der Waals surface area contributed by atoms with E-state index in [0.29, 0.717) is 18.4 Å². The zero-order valence-corrected chi connectivity index (χ0v) is 17.3. The third kappa shape index (κ3) is 4.53. The maximum absolute atomic E-state index is 12.7. The van der Waals surface area contributed by atoms with Crippen molar-refractivity contribution in [2.24, 2.45) is 17.3 Å². The Hall–Kier alpha value is -1.84. The van der Waals surface area contributed by atoms with Crippen molar-refractivity contribution >= 4 is 17.5 Å². The van der Waals surface area contributed by atoms with Gasteiger partial charge in [-0.1, -0.05) is 44.9 Å². The molecule has 0 unspecified atom stereocenters. The van der Waals surface area contributed by atoms with Gasteiger partial charge in [0.05, 0.1) is 5.92 Å². The van der Waals surface area contributed by atoms with Gasteiger partial charge >= 0.3 is 0 Å². The van der Waals surface area contributed by atoms with E-state index in [1.807, 2.05) is 31.2 Å². The van der Waals surface area contributed by atoms with Gasteiger partial charge in [0.25, 0.3) is 0 Å². The van der Waals surface area contributed by atoms with Gasteiger partial charge in [-0.05, 0) is 56.1 Å². The highest BCUT2D eigenvalue weighted by Crippen LogP contribution is 2.40. The van der Waals surface area contributed by atoms with E-state index in [1.54, 1.807) is 4.90 Å². The molecule has 1 aromatic rings. The van der Waals surface area contributed by atoms with Crippen molar-refractivity contribution in [2.75, 3.05) is 11.4 Å². The smallest absolute Gasteiger partial charge is 0.227 e. The number of nitrogens with zero attached hydrogens (tertiary/aromatic N) is 1. The molecule has 27 heavy (non-hydrogen) atoms. The van der Waals surface area contributed by atoms with Gasteiger partial charge in [-0.25, -0.2) is 0 Å². The SMILES string of the molecule is CCC(C)(C)C1CCC(NC(=O)[C@H]2CC(=O)N(c3ccc(C)cc3)C2)CC1. The van der Waals surface area contributed by atoms with Crippen LogP contribution in [0.3, 0.4) is 0 Å². The highest BCUT2D eigenvalue weighted by Gasteiger charge is 2.37. The molecule has 0 spiro atoms. The number of hydrogen-bond acceptors (Lipinski definition) is 2. The zero-order chi connectivity index (χ0) is 19.6. The maximum Gasteiger partial charge on any atom is 0.227 e. The van der Waals surface area contributed by atoms with Crippen LogP contribution in [-0.4, -0.2) is 24.4 Å². The first-order chi connectivity index (χ1) is 12.8. The van der Waals surface area contributed by atoms with E-state index in [1.165, 1.54) is 24.8 Å². The summed E-state index contributed by atoms with van der Waals surface area (Å²) in [7, 11) is 0. The summed E-state index contributed by atoms with van der Waals surface area (Å²) in [5.41, 5.74) is 2.45. The van der Waals surface area contributed by atoms with Crippen molar-refractivity contribution in [2.45, 2.75) is 72.3 Å². The number of benzene rings is 1. The number of amides is 2. The fourth-order valence-electron chi connectivity index (χ4n) is 4.48. The molecule has 2 amide bonds. The lowest BCUT2D eigenvalue weighted by molar-refractivity contribution is -0.127. The van der Waals surface area contributed by atoms with Crippen LogP contribution in [0.25, 0.3) is 0 Å². The molecule has 4 heteroatoms. The molecule has 0 aromatic heterocycles. The summed E-state index contributed by atoms with van der Waals surface area (Å²) in [6.45, 7) is 9.51. The lowest BCUT2D eigenvalue weighted by Crippen LogP contribution is -2.43. The molecular formula is C23H34N2O2. The molecule has 2 fully saturated rings. The first-order valence-electron chi connectivity index (χ1n) is 10.5. The van der Waals surface area contributed by atoms with Gasteiger partial charge in [0.2, 0.25) is 11.8 Å². The maximum atomic E-state index is 12.7. The zero-order valence-electron chi connectivity index (χ0n) is 17.3. The number of aryl methyl sites for hydroxylation is 1. The summed E-state index contributed by atoms with van der Waals surface area (Å²) < 4.78 is 0. The van der Waals surface area contributed by atoms with Crippen molar-refractivity contribution < 1.29 is 9.59 Å². The summed E-state index contributed by atoms with van der Waals surface area (Å²) in [5, 5.41) is 3.23. The summed E-state index contributed by atoms with van der Waals surface area (Å²) in [6.07, 6.45) is 6.01. The van der Waals surface area contributed by atoms with E-state index in [2.05, 4.69) is 26.1 Å². The number of hydrogen-bond donors (Lipinski definition) is 1. The van der Waals surface area contributed by atoms with Crippen molar-refractivity contribution in [1.29, 1.82) is 0 Å². The van der Waals surface area contributed by atoms with Crippen LogP contribution in [-0.2, 0) is 9.59 Å². The minimum Gasteiger partial charge on any atom is -0.353 e. The quantitative estimate of drug-likeness (QED) is 0.832. The van der Waals surface area contributed by atoms with E-state index in [0.717, 1.165) is 24.4 Å². The number of carbonyl (C=O) groups excluding carboxylic acids is 2. The number of rotatable bonds is 5. The first-order valence-corrected chi connectivity index (χ1v) is 10.5. The molecule has 1 saturated heterocycles. The van der Waals surface area contributed by atoms with Gasteiger partial charge in [-0.15, -0.1) is 0 Å². The minimum absolute atomic E-state index is 0.0485. The van der Waals surface area contributed by atoms with Crippen molar-refractivity contribution in [3.63, 3.8) is 0 Å². The predicted octanol–water partition coefficient (Wildman–Crippen LogP) is 4.46. The highest BCUT2D eigenvalue weighted by molar-refractivity contribution is 6.00. The monoisotopic (exact) mass is 370 g/mol. The third-order valence-electron chi connectivity index (χ3n) is 6.93. The van der Waals surface area contributed by atoms with Crippen LogP contribution < -0.4 is 10.2 Å². The molecule has 3 rings (SSSR count). The Bertz CT molecular complexity index is 672. The predicted molar refractivity (Wildman–Crippen MR) is 110 cm³/mol. The second-order valence-corrected chi connectivity index (χ2v) is 9.14. The molecule has 4 nitrogen and oxygen atoms in total. The average molecular weight is 371 g/mol. The molecule has 1 aliphatic heterocycles. The summed E-state index contributed by atoms with van der Waals surface area (Å²) in [5.74, 6) is 0.618. The van der Waals surface area contributed by atoms with E-state index in [-0.39, 0.29) is 23.8 Å². The highest BCUT2D eigenvalue weighted by atomic mass is 16.2. The Balaban J connectivity index is 1.52. The van der Waals surface area contributed by atoms with Crippen LogP contribution in [0.1, 0.15) is 64.9 Å². The lowest BCUT2D eigenvalue weighted by Gasteiger charge is -2.39. The van der Waals surface area contributed by atoms with E-state index in [9.17, 15) is 9.59 Å². The van der Waals surface area contributed by atoms with Crippen LogP contribution in [0.15, 0.2) is 24.3 Å². The second-order valence-electron chi connectivity index (χ2n) is 9.14. The fourth-order valence-corrected chi connectivity index (χ4v) is 4.48. The molecule has 1 aromatic carbocycles. The number of nitrogens with one attached hydrogen (secondary N) is 1. The molecule has 0 bridgehead atoms. The normalized spacial score (nSPS) is 26.3. The Morgan fingerprint density at radius 2 is 1.78 bits per heavy atom. The second kappa shape index (κ2) is 8.04. The van der Waals surface area contributed by atoms with Crippen LogP contribution in [0.2, 0.25) is 0 Å². The Morgan fingerprint density at radius 1 is 1.15 bits per heavy atom. The molecule has 2 aliphatic rings. The van der Waals surface area contributed by atoms with Gasteiger partial charge in [0.1, 0.15) is 0 Å². The average Bonchev–Trinajstić information content (AvgIpc) is 3.05. The van der Waals surface area contributed by atoms with Crippen LogP contribution in [0.5, 0.6) is 0 Å². The van der Waals surface area contributed by atoms with E-state index < -0.39 is 0 Å². The number of carbonyl (C=O) groups is 2. The van der Waals surface area contributed by atoms with Crippen LogP contribution >= 0.6 is 0 Å². The third-order valence-corrected chi connectivity index (χ3v) is 6.93. The fraction of sp³-hybridized carbons (Fsp3) is 0.652. The molecule has 1 saturated carbocycles. The van der Waals surface area contributed by atoms with Crippen LogP contribution in [0, 0.1) is 24.2 Å². The summed E-state index contributed by atoms with van der Waals surface area (Å²) in [4.78, 5) is 26.9. The van der Waals surface area contributed by atoms with Gasteiger partial charge in [-0.2, -0.15) is 0 Å². The standard InChI is InChI=1S/C23H34N2O2/c1-5-23(3,4)18-8-10-19(11-9-18)24-22(27)17-14-21(26)25(15-17)20-12-6-16(2)7-13-20/h6-7,12-13,17-19H,5,8-11,14-15H2,1-4H3,(H,24,27)/t17-,18?,19?/m0/s1. The van der Waals surface area contributed by atoms with Gasteiger partial charge in [0.15, 0.2) is 0 Å². The van der Waals surface area contributed by atoms with Crippen LogP contribution in [0.4, 0.5) is 5.69 Å². The Kier molecular flexibility index (Phi) is 5.92. The molecule has 1 N–H and O–H groups in total. The summed E-state index contributed by atoms with van der Waals surface area (Å²) >= 11 is 0. The minimum atomic E-state index is -0.233. The lowest BCUT2D eigenvalue weighted by atomic mass is 9.69. The van der Waals surface area contributed by atoms with E-state index in [4.69, 9.17) is 0 Å². The molecule has 148 valence electrons. The topological polar surface area (TPSA) is 49.4 Å². The Morgan fingerprint density at radius 3 is 2.37 bits per heavy atom. The molecule has 1 aliphatic carbocycles. The summed E-state index contributed by atoms with van der Waals surface area (Å²) in [6, 6.07) is 8.21. The van der Waals surface area contributed by atoms with Crippen molar-refractivity contribution in [1.82, 2.24) is 5.32 Å². The van der Waals surface area contributed by atoms with Gasteiger partial charge in [-0.3, -0.25) is 9.59 Å². The van der Waals surface area contributed by atoms with Crippen molar-refractivity contribution in [3.05, 3.63) is 29.8 Å². The van der Waals surface area contributed by atoms with E-state index >= 15 is 0 Å².